The smallest absolute Gasteiger partial charge is 0.263 e. The van der Waals surface area contributed by atoms with Gasteiger partial charge in [0.2, 0.25) is 5.91 Å². The van der Waals surface area contributed by atoms with Crippen LogP contribution in [-0.2, 0) is 34.0 Å². The largest absolute Gasteiger partial charge is 0.349 e. The molecule has 10 heteroatoms. The number of thiophene rings is 1. The Labute approximate surface area is 197 Å². The van der Waals surface area contributed by atoms with Gasteiger partial charge in [0.25, 0.3) is 5.56 Å². The summed E-state index contributed by atoms with van der Waals surface area (Å²) in [5, 5.41) is 4.23. The van der Waals surface area contributed by atoms with Crippen molar-refractivity contribution < 1.29 is 13.2 Å². The van der Waals surface area contributed by atoms with Gasteiger partial charge in [-0.3, -0.25) is 14.2 Å². The fourth-order valence-electron chi connectivity index (χ4n) is 4.53. The van der Waals surface area contributed by atoms with Gasteiger partial charge in [0.1, 0.15) is 4.83 Å². The number of hydrogen-bond donors (Lipinski definition) is 1. The van der Waals surface area contributed by atoms with E-state index in [0.717, 1.165) is 42.3 Å². The van der Waals surface area contributed by atoms with Crippen molar-refractivity contribution in [1.82, 2.24) is 14.9 Å². The molecule has 2 aromatic heterocycles. The first-order valence-electron chi connectivity index (χ1n) is 11.3. The highest BCUT2D eigenvalue weighted by atomic mass is 32.2. The van der Waals surface area contributed by atoms with Gasteiger partial charge in [-0.15, -0.1) is 11.3 Å². The molecule has 1 amide bonds. The zero-order valence-electron chi connectivity index (χ0n) is 18.9. The summed E-state index contributed by atoms with van der Waals surface area (Å²) in [6.45, 7) is 6.60. The van der Waals surface area contributed by atoms with Crippen LogP contribution in [0.5, 0.6) is 0 Å². The van der Waals surface area contributed by atoms with Gasteiger partial charge in [0.15, 0.2) is 15.0 Å². The van der Waals surface area contributed by atoms with Crippen LogP contribution < -0.4 is 10.9 Å². The van der Waals surface area contributed by atoms with Crippen molar-refractivity contribution in [2.75, 3.05) is 17.3 Å². The molecule has 1 saturated heterocycles. The predicted molar refractivity (Wildman–Crippen MR) is 131 cm³/mol. The van der Waals surface area contributed by atoms with Crippen LogP contribution >= 0.6 is 23.1 Å². The molecule has 4 rings (SSSR count). The van der Waals surface area contributed by atoms with E-state index in [0.29, 0.717) is 24.0 Å². The van der Waals surface area contributed by atoms with Gasteiger partial charge in [0.05, 0.1) is 28.2 Å². The van der Waals surface area contributed by atoms with E-state index < -0.39 is 15.4 Å². The maximum Gasteiger partial charge on any atom is 0.263 e. The summed E-state index contributed by atoms with van der Waals surface area (Å²) in [5.41, 5.74) is 0.460. The van der Waals surface area contributed by atoms with E-state index in [1.165, 1.54) is 22.2 Å². The molecule has 0 aromatic carbocycles. The second kappa shape index (κ2) is 9.10. The molecule has 0 saturated carbocycles. The van der Waals surface area contributed by atoms with Crippen molar-refractivity contribution in [2.24, 2.45) is 5.92 Å². The molecule has 1 aliphatic heterocycles. The number of thioether (sulfide) groups is 1. The molecule has 1 aliphatic carbocycles. The molecule has 7 nitrogen and oxygen atoms in total. The lowest BCUT2D eigenvalue weighted by Gasteiger charge is -2.23. The summed E-state index contributed by atoms with van der Waals surface area (Å²) >= 11 is 2.88. The molecule has 32 heavy (non-hydrogen) atoms. The normalized spacial score (nSPS) is 22.4. The second-order valence-corrected chi connectivity index (χ2v) is 13.9. The Morgan fingerprint density at radius 1 is 1.31 bits per heavy atom. The maximum absolute atomic E-state index is 13.5. The molecule has 1 atom stereocenters. The third-order valence-electron chi connectivity index (χ3n) is 6.25. The fraction of sp³-hybridized carbons (Fsp3) is 0.682. The predicted octanol–water partition coefficient (Wildman–Crippen LogP) is 3.17. The van der Waals surface area contributed by atoms with Crippen LogP contribution in [0.25, 0.3) is 10.2 Å². The molecule has 1 fully saturated rings. The monoisotopic (exact) mass is 497 g/mol. The number of amides is 1. The Kier molecular flexibility index (Phi) is 6.76. The fourth-order valence-corrected chi connectivity index (χ4v) is 8.75. The SMILES string of the molecule is CC(C)CCn1c(SCC(=O)NC2(C)CCS(=O)(=O)C2)nc2sc3c(c2c1=O)CCCC3. The van der Waals surface area contributed by atoms with Gasteiger partial charge in [-0.1, -0.05) is 25.6 Å². The van der Waals surface area contributed by atoms with Gasteiger partial charge in [-0.2, -0.15) is 0 Å². The minimum atomic E-state index is -3.10. The molecule has 0 radical (unpaired) electrons. The van der Waals surface area contributed by atoms with Crippen LogP contribution in [0.4, 0.5) is 0 Å². The topological polar surface area (TPSA) is 98.1 Å². The van der Waals surface area contributed by atoms with Crippen LogP contribution in [0.1, 0.15) is 56.9 Å². The molecule has 176 valence electrons. The van der Waals surface area contributed by atoms with Gasteiger partial charge in [0, 0.05) is 11.4 Å². The van der Waals surface area contributed by atoms with Crippen molar-refractivity contribution in [2.45, 2.75) is 76.5 Å². The molecular formula is C22H31N3O4S3. The minimum Gasteiger partial charge on any atom is -0.349 e. The molecule has 0 bridgehead atoms. The van der Waals surface area contributed by atoms with Crippen LogP contribution in [-0.4, -0.2) is 46.7 Å². The Balaban J connectivity index is 1.58. The third kappa shape index (κ3) is 5.07. The number of aryl methyl sites for hydroxylation is 2. The molecule has 3 heterocycles. The first-order chi connectivity index (χ1) is 15.1. The van der Waals surface area contributed by atoms with E-state index in [-0.39, 0.29) is 28.7 Å². The molecular weight excluding hydrogens is 466 g/mol. The zero-order valence-corrected chi connectivity index (χ0v) is 21.4. The third-order valence-corrected chi connectivity index (χ3v) is 10.3. The van der Waals surface area contributed by atoms with E-state index in [4.69, 9.17) is 4.98 Å². The summed E-state index contributed by atoms with van der Waals surface area (Å²) < 4.78 is 25.4. The summed E-state index contributed by atoms with van der Waals surface area (Å²) in [6, 6.07) is 0. The summed E-state index contributed by atoms with van der Waals surface area (Å²) in [5.74, 6) is 0.387. The highest BCUT2D eigenvalue weighted by Crippen LogP contribution is 2.35. The Morgan fingerprint density at radius 3 is 2.75 bits per heavy atom. The van der Waals surface area contributed by atoms with E-state index in [1.54, 1.807) is 22.8 Å². The van der Waals surface area contributed by atoms with Gasteiger partial charge >= 0.3 is 0 Å². The van der Waals surface area contributed by atoms with Gasteiger partial charge in [-0.25, -0.2) is 13.4 Å². The van der Waals surface area contributed by atoms with Crippen molar-refractivity contribution in [3.63, 3.8) is 0 Å². The number of nitrogens with zero attached hydrogens (tertiary/aromatic N) is 2. The number of sulfone groups is 1. The second-order valence-electron chi connectivity index (χ2n) is 9.66. The standard InChI is InChI=1S/C22H31N3O4S3/c1-14(2)8-10-25-20(27)18-15-6-4-5-7-16(15)31-19(18)23-21(25)30-12-17(26)24-22(3)9-11-32(28,29)13-22/h14H,4-13H2,1-3H3,(H,24,26). The van der Waals surface area contributed by atoms with Crippen molar-refractivity contribution in [1.29, 1.82) is 0 Å². The summed E-state index contributed by atoms with van der Waals surface area (Å²) in [7, 11) is -3.10. The zero-order chi connectivity index (χ0) is 23.1. The van der Waals surface area contributed by atoms with Crippen LogP contribution in [0.15, 0.2) is 9.95 Å². The number of fused-ring (bicyclic) bond motifs is 3. The lowest BCUT2D eigenvalue weighted by Crippen LogP contribution is -2.47. The molecule has 2 aromatic rings. The van der Waals surface area contributed by atoms with Crippen LogP contribution in [0.2, 0.25) is 0 Å². The number of nitrogens with one attached hydrogen (secondary N) is 1. The highest BCUT2D eigenvalue weighted by molar-refractivity contribution is 7.99. The average molecular weight is 498 g/mol. The lowest BCUT2D eigenvalue weighted by molar-refractivity contribution is -0.120. The van der Waals surface area contributed by atoms with E-state index in [1.807, 2.05) is 0 Å². The lowest BCUT2D eigenvalue weighted by atomic mass is 9.97. The number of hydrogen-bond acceptors (Lipinski definition) is 7. The quantitative estimate of drug-likeness (QED) is 0.466. The number of carbonyl (C=O) groups excluding carboxylic acids is 1. The first kappa shape index (κ1) is 23.8. The molecule has 2 aliphatic rings. The highest BCUT2D eigenvalue weighted by Gasteiger charge is 2.39. The van der Waals surface area contributed by atoms with E-state index in [2.05, 4.69) is 19.2 Å². The summed E-state index contributed by atoms with van der Waals surface area (Å²) in [4.78, 5) is 33.0. The number of aromatic nitrogens is 2. The van der Waals surface area contributed by atoms with Gasteiger partial charge < -0.3 is 5.32 Å². The van der Waals surface area contributed by atoms with Crippen molar-refractivity contribution >= 4 is 49.1 Å². The molecule has 1 N–H and O–H groups in total. The van der Waals surface area contributed by atoms with Crippen molar-refractivity contribution in [3.8, 4) is 0 Å². The molecule has 0 spiro atoms. The van der Waals surface area contributed by atoms with Crippen LogP contribution in [0, 0.1) is 5.92 Å². The minimum absolute atomic E-state index is 0.00630. The molecule has 1 unspecified atom stereocenters. The van der Waals surface area contributed by atoms with Gasteiger partial charge in [-0.05, 0) is 56.9 Å². The first-order valence-corrected chi connectivity index (χ1v) is 14.9. The Bertz CT molecular complexity index is 1200. The Morgan fingerprint density at radius 2 is 2.06 bits per heavy atom. The Hall–Kier alpha value is -1.39. The van der Waals surface area contributed by atoms with E-state index >= 15 is 0 Å². The van der Waals surface area contributed by atoms with Crippen molar-refractivity contribution in [3.05, 3.63) is 20.8 Å². The maximum atomic E-state index is 13.5. The summed E-state index contributed by atoms with van der Waals surface area (Å²) in [6.07, 6.45) is 5.49. The van der Waals surface area contributed by atoms with E-state index in [9.17, 15) is 18.0 Å². The average Bonchev–Trinajstić information content (AvgIpc) is 3.21. The number of carbonyl (C=O) groups is 1. The van der Waals surface area contributed by atoms with Crippen LogP contribution in [0.3, 0.4) is 0 Å². The number of rotatable bonds is 7.